The highest BCUT2D eigenvalue weighted by molar-refractivity contribution is 7.86. The van der Waals surface area contributed by atoms with Gasteiger partial charge < -0.3 is 0 Å². The molecule has 0 aliphatic carbocycles. The summed E-state index contributed by atoms with van der Waals surface area (Å²) in [5, 5.41) is -2.17. The van der Waals surface area contributed by atoms with Gasteiger partial charge in [-0.2, -0.15) is 26.3 Å². The van der Waals surface area contributed by atoms with Crippen LogP contribution in [-0.2, 0) is 23.2 Å². The van der Waals surface area contributed by atoms with Gasteiger partial charge in [-0.3, -0.25) is 4.21 Å². The van der Waals surface area contributed by atoms with E-state index in [1.54, 1.807) is 0 Å². The summed E-state index contributed by atoms with van der Waals surface area (Å²) >= 11 is 5.24. The Kier molecular flexibility index (Phi) is 3.83. The summed E-state index contributed by atoms with van der Waals surface area (Å²) in [6, 6.07) is 1.11. The number of alkyl halides is 6. The minimum absolute atomic E-state index is 0.237. The summed E-state index contributed by atoms with van der Waals surface area (Å²) < 4.78 is 87.9. The van der Waals surface area contributed by atoms with Crippen LogP contribution in [0.3, 0.4) is 0 Å². The molecule has 0 spiro atoms. The summed E-state index contributed by atoms with van der Waals surface area (Å²) in [7, 11) is -1.44. The first-order valence-corrected chi connectivity index (χ1v) is 7.13. The molecule has 0 bridgehead atoms. The summed E-state index contributed by atoms with van der Waals surface area (Å²) in [5.41, 5.74) is -3.33. The van der Waals surface area contributed by atoms with Crippen molar-refractivity contribution in [1.82, 2.24) is 0 Å². The molecular weight excluding hydrogens is 330 g/mol. The molecule has 2 atom stereocenters. The molecule has 2 rings (SSSR count). The summed E-state index contributed by atoms with van der Waals surface area (Å²) in [4.78, 5) is 0. The maximum Gasteiger partial charge on any atom is 0.417 e. The van der Waals surface area contributed by atoms with E-state index in [1.807, 2.05) is 0 Å². The SMILES string of the molecule is O=S1CCC1c1cc(C(F)(F)F)c(Cl)c(C(F)(F)F)c1. The molecule has 0 saturated carbocycles. The Labute approximate surface area is 117 Å². The van der Waals surface area contributed by atoms with Gasteiger partial charge in [0.05, 0.1) is 21.4 Å². The number of halogens is 7. The van der Waals surface area contributed by atoms with E-state index in [1.165, 1.54) is 0 Å². The summed E-state index contributed by atoms with van der Waals surface area (Å²) in [5.74, 6) is 0.274. The van der Waals surface area contributed by atoms with Crippen LogP contribution in [-0.4, -0.2) is 9.96 Å². The molecule has 1 aliphatic heterocycles. The van der Waals surface area contributed by atoms with Crippen LogP contribution in [0.2, 0.25) is 5.02 Å². The molecule has 1 heterocycles. The maximum atomic E-state index is 12.8. The molecule has 0 N–H and O–H groups in total. The zero-order valence-corrected chi connectivity index (χ0v) is 11.2. The van der Waals surface area contributed by atoms with Gasteiger partial charge in [0.15, 0.2) is 0 Å². The average Bonchev–Trinajstić information content (AvgIpc) is 2.26. The minimum Gasteiger partial charge on any atom is -0.259 e. The molecule has 9 heteroatoms. The van der Waals surface area contributed by atoms with Crippen LogP contribution in [0, 0.1) is 0 Å². The zero-order valence-electron chi connectivity index (χ0n) is 9.61. The zero-order chi connectivity index (χ0) is 15.3. The van der Waals surface area contributed by atoms with E-state index in [0.29, 0.717) is 18.6 Å². The highest BCUT2D eigenvalue weighted by Crippen LogP contribution is 2.45. The van der Waals surface area contributed by atoms with Gasteiger partial charge >= 0.3 is 12.4 Å². The fraction of sp³-hybridized carbons (Fsp3) is 0.455. The van der Waals surface area contributed by atoms with Gasteiger partial charge in [-0.15, -0.1) is 0 Å². The molecule has 1 fully saturated rings. The molecule has 1 nitrogen and oxygen atoms in total. The van der Waals surface area contributed by atoms with Crippen LogP contribution in [0.5, 0.6) is 0 Å². The van der Waals surface area contributed by atoms with Gasteiger partial charge in [-0.1, -0.05) is 11.6 Å². The second-order valence-electron chi connectivity index (χ2n) is 4.29. The van der Waals surface area contributed by atoms with Crippen molar-refractivity contribution in [3.05, 3.63) is 33.8 Å². The Bertz CT molecular complexity index is 530. The van der Waals surface area contributed by atoms with Crippen molar-refractivity contribution in [2.75, 3.05) is 5.75 Å². The monoisotopic (exact) mass is 336 g/mol. The van der Waals surface area contributed by atoms with Gasteiger partial charge in [0, 0.05) is 16.6 Å². The molecular formula is C11H7ClF6OS. The van der Waals surface area contributed by atoms with E-state index in [0.717, 1.165) is 0 Å². The van der Waals surface area contributed by atoms with E-state index < -0.39 is 44.6 Å². The molecule has 0 aromatic heterocycles. The second-order valence-corrected chi connectivity index (χ2v) is 6.40. The van der Waals surface area contributed by atoms with Crippen LogP contribution in [0.25, 0.3) is 0 Å². The first kappa shape index (κ1) is 15.6. The van der Waals surface area contributed by atoms with E-state index in [2.05, 4.69) is 0 Å². The highest BCUT2D eigenvalue weighted by atomic mass is 35.5. The molecule has 2 unspecified atom stereocenters. The minimum atomic E-state index is -5.00. The Hall–Kier alpha value is -0.760. The van der Waals surface area contributed by atoms with E-state index in [4.69, 9.17) is 11.6 Å². The van der Waals surface area contributed by atoms with Crippen molar-refractivity contribution in [2.24, 2.45) is 0 Å². The van der Waals surface area contributed by atoms with E-state index in [9.17, 15) is 30.6 Å². The predicted molar refractivity (Wildman–Crippen MR) is 61.8 cm³/mol. The standard InChI is InChI=1S/C11H7ClF6OS/c12-9-6(10(13,14)15)3-5(8-1-2-20(8)19)4-7(9)11(16,17)18/h3-4,8H,1-2H2. The third-order valence-corrected chi connectivity index (χ3v) is 5.16. The van der Waals surface area contributed by atoms with Crippen LogP contribution in [0.15, 0.2) is 12.1 Å². The van der Waals surface area contributed by atoms with Crippen LogP contribution >= 0.6 is 11.6 Å². The average molecular weight is 337 g/mol. The molecule has 1 aromatic rings. The Morgan fingerprint density at radius 1 is 1.05 bits per heavy atom. The number of benzene rings is 1. The molecule has 20 heavy (non-hydrogen) atoms. The molecule has 1 aliphatic rings. The molecule has 1 saturated heterocycles. The van der Waals surface area contributed by atoms with Crippen molar-refractivity contribution in [3.63, 3.8) is 0 Å². The lowest BCUT2D eigenvalue weighted by atomic mass is 10.0. The lowest BCUT2D eigenvalue weighted by Crippen LogP contribution is -2.24. The molecule has 0 amide bonds. The molecule has 1 aromatic carbocycles. The Morgan fingerprint density at radius 2 is 1.50 bits per heavy atom. The van der Waals surface area contributed by atoms with Gasteiger partial charge in [0.1, 0.15) is 0 Å². The number of rotatable bonds is 1. The summed E-state index contributed by atoms with van der Waals surface area (Å²) in [6.07, 6.45) is -9.71. The van der Waals surface area contributed by atoms with Crippen molar-refractivity contribution < 1.29 is 30.6 Å². The van der Waals surface area contributed by atoms with Gasteiger partial charge in [0.2, 0.25) is 0 Å². The quantitative estimate of drug-likeness (QED) is 0.687. The number of hydrogen-bond acceptors (Lipinski definition) is 1. The molecule has 112 valence electrons. The predicted octanol–water partition coefficient (Wildman–Crippen LogP) is 4.57. The third-order valence-electron chi connectivity index (χ3n) is 2.98. The Morgan fingerprint density at radius 3 is 1.75 bits per heavy atom. The van der Waals surface area contributed by atoms with Gasteiger partial charge in [0.25, 0.3) is 0 Å². The Balaban J connectivity index is 2.63. The first-order valence-electron chi connectivity index (χ1n) is 5.37. The first-order chi connectivity index (χ1) is 9.01. The lowest BCUT2D eigenvalue weighted by molar-refractivity contribution is -0.142. The normalized spacial score (nSPS) is 23.6. The topological polar surface area (TPSA) is 17.1 Å². The number of hydrogen-bond donors (Lipinski definition) is 0. The highest BCUT2D eigenvalue weighted by Gasteiger charge is 2.42. The lowest BCUT2D eigenvalue weighted by Gasteiger charge is -2.27. The smallest absolute Gasteiger partial charge is 0.259 e. The third kappa shape index (κ3) is 2.81. The fourth-order valence-corrected chi connectivity index (χ4v) is 3.32. The molecule has 0 radical (unpaired) electrons. The van der Waals surface area contributed by atoms with Crippen molar-refractivity contribution >= 4 is 22.4 Å². The largest absolute Gasteiger partial charge is 0.417 e. The fourth-order valence-electron chi connectivity index (χ4n) is 1.90. The van der Waals surface area contributed by atoms with Gasteiger partial charge in [-0.05, 0) is 24.1 Å². The van der Waals surface area contributed by atoms with E-state index >= 15 is 0 Å². The van der Waals surface area contributed by atoms with Crippen molar-refractivity contribution in [3.8, 4) is 0 Å². The van der Waals surface area contributed by atoms with Crippen molar-refractivity contribution in [2.45, 2.75) is 24.0 Å². The van der Waals surface area contributed by atoms with Crippen LogP contribution in [0.1, 0.15) is 28.4 Å². The van der Waals surface area contributed by atoms with Gasteiger partial charge in [-0.25, -0.2) is 0 Å². The van der Waals surface area contributed by atoms with Crippen molar-refractivity contribution in [1.29, 1.82) is 0 Å². The van der Waals surface area contributed by atoms with E-state index in [-0.39, 0.29) is 11.3 Å². The van der Waals surface area contributed by atoms with Crippen LogP contribution in [0.4, 0.5) is 26.3 Å². The summed E-state index contributed by atoms with van der Waals surface area (Å²) in [6.45, 7) is 0. The van der Waals surface area contributed by atoms with Crippen LogP contribution < -0.4 is 0 Å². The second kappa shape index (κ2) is 4.91. The maximum absolute atomic E-state index is 12.8.